The average Bonchev–Trinajstić information content (AvgIpc) is 2.18. The van der Waals surface area contributed by atoms with Gasteiger partial charge in [0, 0.05) is 25.7 Å². The summed E-state index contributed by atoms with van der Waals surface area (Å²) < 4.78 is 5.37. The summed E-state index contributed by atoms with van der Waals surface area (Å²) in [6, 6.07) is 0.684. The second-order valence-electron chi connectivity index (χ2n) is 4.21. The Kier molecular flexibility index (Phi) is 5.45. The minimum absolute atomic E-state index is 0.684. The molecule has 1 saturated heterocycles. The molecular formula is C11H24N2O. The second kappa shape index (κ2) is 6.38. The molecule has 0 radical (unpaired) electrons. The van der Waals surface area contributed by atoms with Gasteiger partial charge in [0.2, 0.25) is 0 Å². The molecule has 0 aromatic rings. The van der Waals surface area contributed by atoms with Crippen LogP contribution in [0.3, 0.4) is 0 Å². The van der Waals surface area contributed by atoms with Crippen LogP contribution in [0.5, 0.6) is 0 Å². The molecule has 0 bridgehead atoms. The fraction of sp³-hybridized carbons (Fsp3) is 1.00. The van der Waals surface area contributed by atoms with Crippen LogP contribution >= 0.6 is 0 Å². The van der Waals surface area contributed by atoms with E-state index in [1.807, 2.05) is 6.92 Å². The van der Waals surface area contributed by atoms with Crippen molar-refractivity contribution in [3.05, 3.63) is 0 Å². The van der Waals surface area contributed by atoms with E-state index >= 15 is 0 Å². The van der Waals surface area contributed by atoms with Crippen LogP contribution < -0.4 is 5.32 Å². The summed E-state index contributed by atoms with van der Waals surface area (Å²) in [4.78, 5) is 2.42. The van der Waals surface area contributed by atoms with Gasteiger partial charge in [-0.15, -0.1) is 0 Å². The first-order chi connectivity index (χ1) is 6.75. The zero-order chi connectivity index (χ0) is 10.4. The Morgan fingerprint density at radius 3 is 2.93 bits per heavy atom. The zero-order valence-corrected chi connectivity index (χ0v) is 9.75. The van der Waals surface area contributed by atoms with Gasteiger partial charge in [-0.05, 0) is 32.9 Å². The molecular weight excluding hydrogens is 176 g/mol. The molecule has 0 saturated carbocycles. The minimum Gasteiger partial charge on any atom is -0.380 e. The maximum absolute atomic E-state index is 5.37. The molecule has 0 aliphatic carbocycles. The summed E-state index contributed by atoms with van der Waals surface area (Å²) in [7, 11) is 2.20. The van der Waals surface area contributed by atoms with Crippen molar-refractivity contribution in [1.82, 2.24) is 10.2 Å². The molecule has 0 amide bonds. The van der Waals surface area contributed by atoms with Gasteiger partial charge in [-0.2, -0.15) is 0 Å². The van der Waals surface area contributed by atoms with E-state index in [4.69, 9.17) is 4.74 Å². The molecule has 2 unspecified atom stereocenters. The van der Waals surface area contributed by atoms with E-state index in [1.165, 1.54) is 13.0 Å². The van der Waals surface area contributed by atoms with Crippen LogP contribution in [0.15, 0.2) is 0 Å². The quantitative estimate of drug-likeness (QED) is 0.669. The molecule has 0 aromatic carbocycles. The van der Waals surface area contributed by atoms with Crippen molar-refractivity contribution in [3.8, 4) is 0 Å². The summed E-state index contributed by atoms with van der Waals surface area (Å²) in [5.74, 6) is 0.808. The molecule has 0 aromatic heterocycles. The van der Waals surface area contributed by atoms with Gasteiger partial charge in [0.25, 0.3) is 0 Å². The van der Waals surface area contributed by atoms with Crippen LogP contribution in [0.2, 0.25) is 0 Å². The SMILES string of the molecule is CCOCCN(C)C1CNCCC1C. The van der Waals surface area contributed by atoms with Crippen LogP contribution in [0.4, 0.5) is 0 Å². The molecule has 1 aliphatic rings. The molecule has 0 spiro atoms. The Hall–Kier alpha value is -0.120. The van der Waals surface area contributed by atoms with E-state index in [9.17, 15) is 0 Å². The van der Waals surface area contributed by atoms with E-state index in [-0.39, 0.29) is 0 Å². The third kappa shape index (κ3) is 3.56. The van der Waals surface area contributed by atoms with Crippen molar-refractivity contribution < 1.29 is 4.74 Å². The van der Waals surface area contributed by atoms with Gasteiger partial charge in [0.1, 0.15) is 0 Å². The van der Waals surface area contributed by atoms with E-state index in [0.29, 0.717) is 6.04 Å². The summed E-state index contributed by atoms with van der Waals surface area (Å²) in [5.41, 5.74) is 0. The maximum atomic E-state index is 5.37. The third-order valence-corrected chi connectivity index (χ3v) is 3.15. The fourth-order valence-electron chi connectivity index (χ4n) is 2.08. The normalized spacial score (nSPS) is 28.3. The lowest BCUT2D eigenvalue weighted by Gasteiger charge is -2.36. The summed E-state index contributed by atoms with van der Waals surface area (Å²) in [5, 5.41) is 3.45. The first kappa shape index (κ1) is 12.0. The molecule has 3 nitrogen and oxygen atoms in total. The zero-order valence-electron chi connectivity index (χ0n) is 9.75. The Bertz CT molecular complexity index is 152. The largest absolute Gasteiger partial charge is 0.380 e. The highest BCUT2D eigenvalue weighted by Crippen LogP contribution is 2.15. The van der Waals surface area contributed by atoms with Crippen molar-refractivity contribution in [3.63, 3.8) is 0 Å². The van der Waals surface area contributed by atoms with Crippen molar-refractivity contribution in [1.29, 1.82) is 0 Å². The van der Waals surface area contributed by atoms with Gasteiger partial charge in [0.05, 0.1) is 6.61 Å². The van der Waals surface area contributed by atoms with Gasteiger partial charge in [-0.3, -0.25) is 4.90 Å². The van der Waals surface area contributed by atoms with Gasteiger partial charge in [-0.1, -0.05) is 6.92 Å². The number of ether oxygens (including phenoxy) is 1. The molecule has 1 N–H and O–H groups in total. The lowest BCUT2D eigenvalue weighted by atomic mass is 9.94. The maximum Gasteiger partial charge on any atom is 0.0593 e. The van der Waals surface area contributed by atoms with Crippen LogP contribution in [-0.2, 0) is 4.74 Å². The minimum atomic E-state index is 0.684. The van der Waals surface area contributed by atoms with Crippen molar-refractivity contribution in [2.75, 3.05) is 39.9 Å². The topological polar surface area (TPSA) is 24.5 Å². The fourth-order valence-corrected chi connectivity index (χ4v) is 2.08. The third-order valence-electron chi connectivity index (χ3n) is 3.15. The van der Waals surface area contributed by atoms with E-state index in [1.54, 1.807) is 0 Å². The van der Waals surface area contributed by atoms with E-state index in [0.717, 1.165) is 32.2 Å². The van der Waals surface area contributed by atoms with Crippen molar-refractivity contribution in [2.24, 2.45) is 5.92 Å². The lowest BCUT2D eigenvalue weighted by Crippen LogP contribution is -2.49. The number of piperidine rings is 1. The first-order valence-corrected chi connectivity index (χ1v) is 5.74. The molecule has 3 heteroatoms. The Morgan fingerprint density at radius 2 is 2.29 bits per heavy atom. The smallest absolute Gasteiger partial charge is 0.0593 e. The first-order valence-electron chi connectivity index (χ1n) is 5.74. The molecule has 1 rings (SSSR count). The van der Waals surface area contributed by atoms with E-state index in [2.05, 4.69) is 24.2 Å². The highest BCUT2D eigenvalue weighted by Gasteiger charge is 2.24. The second-order valence-corrected chi connectivity index (χ2v) is 4.21. The lowest BCUT2D eigenvalue weighted by molar-refractivity contribution is 0.0851. The number of likely N-dealkylation sites (N-methyl/N-ethyl adjacent to an activating group) is 1. The van der Waals surface area contributed by atoms with Gasteiger partial charge >= 0.3 is 0 Å². The summed E-state index contributed by atoms with van der Waals surface area (Å²) in [6.45, 7) is 9.43. The van der Waals surface area contributed by atoms with Gasteiger partial charge in [-0.25, -0.2) is 0 Å². The van der Waals surface area contributed by atoms with Crippen LogP contribution in [-0.4, -0.2) is 50.8 Å². The molecule has 1 aliphatic heterocycles. The molecule has 84 valence electrons. The summed E-state index contributed by atoms with van der Waals surface area (Å²) >= 11 is 0. The highest BCUT2D eigenvalue weighted by molar-refractivity contribution is 4.81. The molecule has 14 heavy (non-hydrogen) atoms. The molecule has 1 heterocycles. The Labute approximate surface area is 87.8 Å². The molecule has 2 atom stereocenters. The summed E-state index contributed by atoms with van der Waals surface area (Å²) in [6.07, 6.45) is 1.30. The number of rotatable bonds is 5. The Morgan fingerprint density at radius 1 is 1.50 bits per heavy atom. The van der Waals surface area contributed by atoms with Crippen molar-refractivity contribution in [2.45, 2.75) is 26.3 Å². The van der Waals surface area contributed by atoms with Crippen LogP contribution in [0.1, 0.15) is 20.3 Å². The molecule has 1 fully saturated rings. The number of nitrogens with zero attached hydrogens (tertiary/aromatic N) is 1. The average molecular weight is 200 g/mol. The Balaban J connectivity index is 2.23. The van der Waals surface area contributed by atoms with Crippen LogP contribution in [0, 0.1) is 5.92 Å². The number of hydrogen-bond donors (Lipinski definition) is 1. The predicted octanol–water partition coefficient (Wildman–Crippen LogP) is 0.953. The number of hydrogen-bond acceptors (Lipinski definition) is 3. The monoisotopic (exact) mass is 200 g/mol. The van der Waals surface area contributed by atoms with Crippen molar-refractivity contribution >= 4 is 0 Å². The highest BCUT2D eigenvalue weighted by atomic mass is 16.5. The van der Waals surface area contributed by atoms with Gasteiger partial charge in [0.15, 0.2) is 0 Å². The standard InChI is InChI=1S/C11H24N2O/c1-4-14-8-7-13(3)11-9-12-6-5-10(11)2/h10-12H,4-9H2,1-3H3. The predicted molar refractivity (Wildman–Crippen MR) is 59.6 cm³/mol. The van der Waals surface area contributed by atoms with Gasteiger partial charge < -0.3 is 10.1 Å². The number of nitrogens with one attached hydrogen (secondary N) is 1. The van der Waals surface area contributed by atoms with E-state index < -0.39 is 0 Å². The van der Waals surface area contributed by atoms with Crippen LogP contribution in [0.25, 0.3) is 0 Å².